The number of benzene rings is 3. The van der Waals surface area contributed by atoms with E-state index in [9.17, 15) is 24.5 Å². The number of non-ortho nitro benzene ring substituents is 1. The lowest BCUT2D eigenvalue weighted by Crippen LogP contribution is -2.27. The van der Waals surface area contributed by atoms with Gasteiger partial charge in [0.25, 0.3) is 11.2 Å². The molecule has 1 aliphatic rings. The number of methoxy groups -OCH3 is 1. The predicted octanol–water partition coefficient (Wildman–Crippen LogP) is 3.45. The fraction of sp³-hybridized carbons (Fsp3) is 0.107. The summed E-state index contributed by atoms with van der Waals surface area (Å²) >= 11 is 0. The average Bonchev–Trinajstić information content (AvgIpc) is 3.57. The Hall–Kier alpha value is -5.65. The van der Waals surface area contributed by atoms with Crippen LogP contribution in [-0.2, 0) is 22.7 Å². The molecule has 40 heavy (non-hydrogen) atoms. The molecule has 0 fully saturated rings. The quantitative estimate of drug-likeness (QED) is 0.170. The monoisotopic (exact) mass is 537 g/mol. The van der Waals surface area contributed by atoms with Crippen LogP contribution in [0, 0.1) is 10.1 Å². The zero-order valence-corrected chi connectivity index (χ0v) is 20.9. The molecule has 0 unspecified atom stereocenters. The minimum absolute atomic E-state index is 0.105. The van der Waals surface area contributed by atoms with E-state index in [-0.39, 0.29) is 18.1 Å². The van der Waals surface area contributed by atoms with E-state index in [0.717, 1.165) is 0 Å². The highest BCUT2D eigenvalue weighted by Gasteiger charge is 2.35. The molecule has 0 N–H and O–H groups in total. The Morgan fingerprint density at radius 1 is 1.00 bits per heavy atom. The lowest BCUT2D eigenvalue weighted by Gasteiger charge is -2.14. The van der Waals surface area contributed by atoms with E-state index in [1.54, 1.807) is 48.5 Å². The number of fused-ring (bicyclic) bond motifs is 5. The second-order valence-corrected chi connectivity index (χ2v) is 8.96. The van der Waals surface area contributed by atoms with Gasteiger partial charge in [-0.05, 0) is 18.2 Å². The van der Waals surface area contributed by atoms with Gasteiger partial charge in [-0.25, -0.2) is 4.68 Å². The Morgan fingerprint density at radius 3 is 2.55 bits per heavy atom. The first-order chi connectivity index (χ1) is 19.4. The van der Waals surface area contributed by atoms with Gasteiger partial charge >= 0.3 is 5.97 Å². The lowest BCUT2D eigenvalue weighted by atomic mass is 10.0. The molecule has 12 heteroatoms. The van der Waals surface area contributed by atoms with Crippen molar-refractivity contribution < 1.29 is 24.0 Å². The maximum absolute atomic E-state index is 13.6. The van der Waals surface area contributed by atoms with Crippen molar-refractivity contribution in [2.24, 2.45) is 0 Å². The summed E-state index contributed by atoms with van der Waals surface area (Å²) in [5.41, 5.74) is 1.64. The molecule has 0 saturated carbocycles. The number of nitro benzene ring substituents is 1. The molecule has 6 rings (SSSR count). The van der Waals surface area contributed by atoms with E-state index in [0.29, 0.717) is 50.3 Å². The second kappa shape index (κ2) is 9.58. The van der Waals surface area contributed by atoms with Crippen LogP contribution < -0.4 is 10.3 Å². The molecule has 0 saturated heterocycles. The molecule has 2 aromatic heterocycles. The summed E-state index contributed by atoms with van der Waals surface area (Å²) in [6.07, 6.45) is 1.48. The summed E-state index contributed by atoms with van der Waals surface area (Å²) < 4.78 is 13.4. The second-order valence-electron chi connectivity index (χ2n) is 8.96. The van der Waals surface area contributed by atoms with E-state index in [1.807, 2.05) is 0 Å². The number of aromatic nitrogens is 4. The highest BCUT2D eigenvalue weighted by atomic mass is 16.6. The third kappa shape index (κ3) is 3.98. The molecule has 0 spiro atoms. The fourth-order valence-electron chi connectivity index (χ4n) is 4.88. The zero-order chi connectivity index (χ0) is 28.0. The number of esters is 1. The number of hydrogen-bond acceptors (Lipinski definition) is 9. The number of rotatable bonds is 7. The van der Waals surface area contributed by atoms with Crippen LogP contribution in [0.5, 0.6) is 5.75 Å². The van der Waals surface area contributed by atoms with Crippen LogP contribution in [0.3, 0.4) is 0 Å². The van der Waals surface area contributed by atoms with Gasteiger partial charge in [-0.1, -0.05) is 41.6 Å². The number of ether oxygens (including phenoxy) is 2. The molecule has 2 heterocycles. The summed E-state index contributed by atoms with van der Waals surface area (Å²) in [7, 11) is 1.46. The maximum Gasteiger partial charge on any atom is 0.326 e. The molecular formula is C28H19N5O7. The Labute approximate surface area is 225 Å². The van der Waals surface area contributed by atoms with Gasteiger partial charge in [-0.2, -0.15) is 0 Å². The minimum Gasteiger partial charge on any atom is -0.496 e. The standard InChI is InChI=1S/C28H19N5O7/c1-39-22-11-5-10-21-24(22)27(35)25-19-8-2-3-9-20(19)28(36)31(26(21)25)14-23(34)40-15-16-13-32(30-29-16)17-6-4-7-18(12-17)33(37)38/h2-13H,14-15H2,1H3. The Bertz CT molecular complexity index is 1920. The van der Waals surface area contributed by atoms with E-state index in [2.05, 4.69) is 10.3 Å². The van der Waals surface area contributed by atoms with Crippen molar-refractivity contribution in [3.8, 4) is 22.7 Å². The first-order valence-electron chi connectivity index (χ1n) is 12.1. The number of pyridine rings is 1. The largest absolute Gasteiger partial charge is 0.496 e. The third-order valence-corrected chi connectivity index (χ3v) is 6.65. The van der Waals surface area contributed by atoms with Gasteiger partial charge in [0.05, 0.1) is 40.7 Å². The van der Waals surface area contributed by atoms with E-state index >= 15 is 0 Å². The van der Waals surface area contributed by atoms with Crippen molar-refractivity contribution in [3.05, 3.63) is 110 Å². The minimum atomic E-state index is -0.728. The SMILES string of the molecule is COc1cccc2c1C(=O)c1c-2n(CC(=O)OCc2cn(-c3cccc([N+](=O)[O-])c3)nn2)c(=O)c2ccccc12. The number of nitrogens with zero attached hydrogens (tertiary/aromatic N) is 5. The predicted molar refractivity (Wildman–Crippen MR) is 141 cm³/mol. The number of nitro groups is 1. The fourth-order valence-corrected chi connectivity index (χ4v) is 4.88. The lowest BCUT2D eigenvalue weighted by molar-refractivity contribution is -0.384. The van der Waals surface area contributed by atoms with Crippen molar-refractivity contribution in [2.75, 3.05) is 7.11 Å². The van der Waals surface area contributed by atoms with Gasteiger partial charge in [0.1, 0.15) is 24.6 Å². The van der Waals surface area contributed by atoms with Gasteiger partial charge in [0.15, 0.2) is 5.78 Å². The molecule has 1 aliphatic carbocycles. The molecule has 198 valence electrons. The van der Waals surface area contributed by atoms with Crippen molar-refractivity contribution >= 4 is 28.2 Å². The summed E-state index contributed by atoms with van der Waals surface area (Å²) in [5, 5.41) is 19.8. The Kier molecular flexibility index (Phi) is 5.91. The molecule has 0 atom stereocenters. The van der Waals surface area contributed by atoms with Crippen LogP contribution in [0.1, 0.15) is 21.6 Å². The number of hydrogen-bond donors (Lipinski definition) is 0. The highest BCUT2D eigenvalue weighted by Crippen LogP contribution is 2.43. The number of ketones is 1. The first-order valence-corrected chi connectivity index (χ1v) is 12.1. The normalized spacial score (nSPS) is 11.8. The van der Waals surface area contributed by atoms with Crippen LogP contribution in [0.25, 0.3) is 27.7 Å². The third-order valence-electron chi connectivity index (χ3n) is 6.65. The van der Waals surface area contributed by atoms with E-state index in [4.69, 9.17) is 9.47 Å². The highest BCUT2D eigenvalue weighted by molar-refractivity contribution is 6.27. The molecule has 5 aromatic rings. The van der Waals surface area contributed by atoms with Crippen LogP contribution in [0.15, 0.2) is 77.7 Å². The number of carbonyl (C=O) groups excluding carboxylic acids is 2. The van der Waals surface area contributed by atoms with Gasteiger partial charge < -0.3 is 9.47 Å². The molecular weight excluding hydrogens is 518 g/mol. The van der Waals surface area contributed by atoms with Crippen LogP contribution in [0.4, 0.5) is 5.69 Å². The molecule has 0 aliphatic heterocycles. The molecule has 0 amide bonds. The Balaban J connectivity index is 1.30. The topological polar surface area (TPSA) is 148 Å². The molecule has 0 bridgehead atoms. The summed E-state index contributed by atoms with van der Waals surface area (Å²) in [6, 6.07) is 17.7. The zero-order valence-electron chi connectivity index (χ0n) is 20.9. The smallest absolute Gasteiger partial charge is 0.326 e. The number of carbonyl (C=O) groups is 2. The van der Waals surface area contributed by atoms with Crippen molar-refractivity contribution in [1.82, 2.24) is 19.6 Å². The first kappa shape index (κ1) is 24.7. The van der Waals surface area contributed by atoms with Crippen LogP contribution >= 0.6 is 0 Å². The average molecular weight is 537 g/mol. The van der Waals surface area contributed by atoms with E-state index < -0.39 is 23.0 Å². The van der Waals surface area contributed by atoms with Crippen LogP contribution in [0.2, 0.25) is 0 Å². The van der Waals surface area contributed by atoms with Gasteiger partial charge in [-0.15, -0.1) is 5.10 Å². The van der Waals surface area contributed by atoms with Crippen molar-refractivity contribution in [1.29, 1.82) is 0 Å². The molecule has 3 aromatic carbocycles. The molecule has 0 radical (unpaired) electrons. The van der Waals surface area contributed by atoms with Crippen LogP contribution in [-0.4, -0.2) is 43.3 Å². The summed E-state index contributed by atoms with van der Waals surface area (Å²) in [5.74, 6) is -0.650. The van der Waals surface area contributed by atoms with E-state index in [1.165, 1.54) is 40.8 Å². The Morgan fingerprint density at radius 2 is 1.77 bits per heavy atom. The maximum atomic E-state index is 13.6. The van der Waals surface area contributed by atoms with Crippen molar-refractivity contribution in [3.63, 3.8) is 0 Å². The van der Waals surface area contributed by atoms with Gasteiger partial charge in [0, 0.05) is 28.5 Å². The van der Waals surface area contributed by atoms with Gasteiger partial charge in [-0.3, -0.25) is 29.1 Å². The summed E-state index contributed by atoms with van der Waals surface area (Å²) in [6.45, 7) is -0.698. The van der Waals surface area contributed by atoms with Crippen molar-refractivity contribution in [2.45, 2.75) is 13.2 Å². The molecule has 12 nitrogen and oxygen atoms in total. The van der Waals surface area contributed by atoms with Gasteiger partial charge in [0.2, 0.25) is 0 Å². The summed E-state index contributed by atoms with van der Waals surface area (Å²) in [4.78, 5) is 50.6.